The van der Waals surface area contributed by atoms with Gasteiger partial charge in [0.15, 0.2) is 5.16 Å². The second kappa shape index (κ2) is 6.94. The molecule has 1 amide bonds. The molecule has 1 N–H and O–H groups in total. The zero-order chi connectivity index (χ0) is 16.5. The van der Waals surface area contributed by atoms with E-state index >= 15 is 0 Å². The van der Waals surface area contributed by atoms with Crippen molar-refractivity contribution in [3.63, 3.8) is 0 Å². The Bertz CT molecular complexity index is 749. The first-order valence-corrected chi connectivity index (χ1v) is 9.76. The summed E-state index contributed by atoms with van der Waals surface area (Å²) in [5.74, 6) is 0.579. The second-order valence-electron chi connectivity index (χ2n) is 6.34. The van der Waals surface area contributed by atoms with Crippen molar-refractivity contribution in [3.8, 4) is 0 Å². The predicted octanol–water partition coefficient (Wildman–Crippen LogP) is 3.48. The van der Waals surface area contributed by atoms with Gasteiger partial charge in [-0.25, -0.2) is 4.98 Å². The fourth-order valence-electron chi connectivity index (χ4n) is 3.65. The lowest BCUT2D eigenvalue weighted by atomic mass is 9.90. The Morgan fingerprint density at radius 2 is 2.29 bits per heavy atom. The van der Waals surface area contributed by atoms with E-state index in [0.717, 1.165) is 29.0 Å². The van der Waals surface area contributed by atoms with E-state index in [1.807, 2.05) is 23.1 Å². The summed E-state index contributed by atoms with van der Waals surface area (Å²) in [6.45, 7) is 1.36. The molecule has 1 saturated carbocycles. The van der Waals surface area contributed by atoms with Gasteiger partial charge in [-0.2, -0.15) is 0 Å². The number of nitrogens with one attached hydrogen (secondary N) is 1. The maximum Gasteiger partial charge on any atom is 0.233 e. The number of fused-ring (bicyclic) bond motifs is 2. The van der Waals surface area contributed by atoms with E-state index in [-0.39, 0.29) is 18.1 Å². The molecular formula is C17H20ClN3O2S. The van der Waals surface area contributed by atoms with Crippen LogP contribution in [0.2, 0.25) is 5.02 Å². The van der Waals surface area contributed by atoms with E-state index in [4.69, 9.17) is 16.3 Å². The number of thioether (sulfide) groups is 1. The van der Waals surface area contributed by atoms with Crippen molar-refractivity contribution in [1.82, 2.24) is 14.9 Å². The third-order valence-electron chi connectivity index (χ3n) is 4.81. The van der Waals surface area contributed by atoms with Crippen molar-refractivity contribution in [2.45, 2.75) is 43.0 Å². The Hall–Kier alpha value is -1.24. The molecule has 1 aliphatic heterocycles. The molecule has 2 aliphatic rings. The number of ether oxygens (including phenoxy) is 1. The molecule has 128 valence electrons. The number of morpholine rings is 1. The number of halogens is 1. The van der Waals surface area contributed by atoms with Gasteiger partial charge in [-0.3, -0.25) is 4.79 Å². The van der Waals surface area contributed by atoms with Crippen LogP contribution >= 0.6 is 23.4 Å². The summed E-state index contributed by atoms with van der Waals surface area (Å²) in [5, 5.41) is 1.43. The molecule has 1 aromatic heterocycles. The summed E-state index contributed by atoms with van der Waals surface area (Å²) < 4.78 is 5.84. The number of H-pyrrole nitrogens is 1. The third-order valence-corrected chi connectivity index (χ3v) is 5.90. The minimum atomic E-state index is 0.179. The highest BCUT2D eigenvalue weighted by Gasteiger charge is 2.36. The zero-order valence-electron chi connectivity index (χ0n) is 13.3. The smallest absolute Gasteiger partial charge is 0.233 e. The Morgan fingerprint density at radius 1 is 1.42 bits per heavy atom. The van der Waals surface area contributed by atoms with Gasteiger partial charge in [0, 0.05) is 11.6 Å². The average molecular weight is 366 g/mol. The third kappa shape index (κ3) is 3.27. The molecule has 1 aliphatic carbocycles. The normalized spacial score (nSPS) is 24.1. The first-order valence-electron chi connectivity index (χ1n) is 8.40. The van der Waals surface area contributed by atoms with Crippen LogP contribution in [0.4, 0.5) is 0 Å². The van der Waals surface area contributed by atoms with Crippen LogP contribution in [0.15, 0.2) is 23.4 Å². The van der Waals surface area contributed by atoms with Crippen LogP contribution in [0.3, 0.4) is 0 Å². The number of rotatable bonds is 3. The molecule has 5 nitrogen and oxygen atoms in total. The van der Waals surface area contributed by atoms with Gasteiger partial charge in [0.1, 0.15) is 0 Å². The number of hydrogen-bond donors (Lipinski definition) is 1. The molecule has 0 bridgehead atoms. The molecule has 2 aromatic rings. The van der Waals surface area contributed by atoms with Gasteiger partial charge in [0.25, 0.3) is 0 Å². The number of hydrogen-bond acceptors (Lipinski definition) is 4. The van der Waals surface area contributed by atoms with Crippen LogP contribution in [0.5, 0.6) is 0 Å². The van der Waals surface area contributed by atoms with Crippen molar-refractivity contribution in [1.29, 1.82) is 0 Å². The van der Waals surface area contributed by atoms with Crippen LogP contribution < -0.4 is 0 Å². The maximum atomic E-state index is 12.7. The van der Waals surface area contributed by atoms with E-state index in [1.54, 1.807) is 0 Å². The number of imidazole rings is 1. The van der Waals surface area contributed by atoms with Gasteiger partial charge >= 0.3 is 0 Å². The SMILES string of the molecule is O=C(CSc1nc2ccc(Cl)cc2[nH]1)N1CCO[C@H]2CCCC[C@H]21. The van der Waals surface area contributed by atoms with Crippen LogP contribution in [0.25, 0.3) is 11.0 Å². The summed E-state index contributed by atoms with van der Waals surface area (Å²) in [4.78, 5) is 22.4. The Kier molecular flexibility index (Phi) is 4.70. The molecule has 24 heavy (non-hydrogen) atoms. The van der Waals surface area contributed by atoms with Gasteiger partial charge in [-0.05, 0) is 31.0 Å². The largest absolute Gasteiger partial charge is 0.374 e. The monoisotopic (exact) mass is 365 g/mol. The predicted molar refractivity (Wildman–Crippen MR) is 95.5 cm³/mol. The van der Waals surface area contributed by atoms with Gasteiger partial charge in [-0.15, -0.1) is 0 Å². The highest BCUT2D eigenvalue weighted by atomic mass is 35.5. The quantitative estimate of drug-likeness (QED) is 0.846. The number of benzene rings is 1. The lowest BCUT2D eigenvalue weighted by Gasteiger charge is -2.43. The van der Waals surface area contributed by atoms with Crippen molar-refractivity contribution in [2.75, 3.05) is 18.9 Å². The van der Waals surface area contributed by atoms with Crippen LogP contribution in [0.1, 0.15) is 25.7 Å². The Morgan fingerprint density at radius 3 is 3.21 bits per heavy atom. The minimum absolute atomic E-state index is 0.179. The maximum absolute atomic E-state index is 12.7. The highest BCUT2D eigenvalue weighted by molar-refractivity contribution is 7.99. The summed E-state index contributed by atoms with van der Waals surface area (Å²) in [6, 6.07) is 5.82. The van der Waals surface area contributed by atoms with Crippen molar-refractivity contribution in [2.24, 2.45) is 0 Å². The molecule has 1 aromatic carbocycles. The fraction of sp³-hybridized carbons (Fsp3) is 0.529. The van der Waals surface area contributed by atoms with Gasteiger partial charge in [-0.1, -0.05) is 36.2 Å². The molecular weight excluding hydrogens is 346 g/mol. The van der Waals surface area contributed by atoms with Crippen LogP contribution in [0, 0.1) is 0 Å². The van der Waals surface area contributed by atoms with E-state index in [1.165, 1.54) is 24.6 Å². The average Bonchev–Trinajstić information content (AvgIpc) is 3.01. The standard InChI is InChI=1S/C17H20ClN3O2S/c18-11-5-6-12-13(9-11)20-17(19-12)24-10-16(22)21-7-8-23-15-4-2-1-3-14(15)21/h5-6,9,14-15H,1-4,7-8,10H2,(H,19,20)/t14-,15+/m1/s1. The molecule has 1 saturated heterocycles. The number of nitrogens with zero attached hydrogens (tertiary/aromatic N) is 2. The van der Waals surface area contributed by atoms with E-state index in [2.05, 4.69) is 9.97 Å². The number of aromatic nitrogens is 2. The molecule has 2 heterocycles. The molecule has 0 unspecified atom stereocenters. The van der Waals surface area contributed by atoms with Crippen molar-refractivity contribution in [3.05, 3.63) is 23.2 Å². The van der Waals surface area contributed by atoms with E-state index < -0.39 is 0 Å². The molecule has 0 spiro atoms. The van der Waals surface area contributed by atoms with Crippen molar-refractivity contribution >= 4 is 40.3 Å². The second-order valence-corrected chi connectivity index (χ2v) is 7.74. The lowest BCUT2D eigenvalue weighted by molar-refractivity contribution is -0.146. The summed E-state index contributed by atoms with van der Waals surface area (Å²) in [6.07, 6.45) is 4.76. The van der Waals surface area contributed by atoms with Gasteiger partial charge in [0.2, 0.25) is 5.91 Å². The minimum Gasteiger partial charge on any atom is -0.374 e. The Labute approximate surface area is 150 Å². The summed E-state index contributed by atoms with van der Waals surface area (Å²) in [7, 11) is 0. The molecule has 4 rings (SSSR count). The fourth-order valence-corrected chi connectivity index (χ4v) is 4.59. The van der Waals surface area contributed by atoms with Gasteiger partial charge < -0.3 is 14.6 Å². The molecule has 0 radical (unpaired) electrons. The highest BCUT2D eigenvalue weighted by Crippen LogP contribution is 2.29. The number of amides is 1. The summed E-state index contributed by atoms with van der Waals surface area (Å²) >= 11 is 7.45. The Balaban J connectivity index is 1.41. The van der Waals surface area contributed by atoms with Crippen LogP contribution in [-0.4, -0.2) is 51.8 Å². The van der Waals surface area contributed by atoms with Crippen LogP contribution in [-0.2, 0) is 9.53 Å². The number of carbonyl (C=O) groups excluding carboxylic acids is 1. The first kappa shape index (κ1) is 16.2. The van der Waals surface area contributed by atoms with E-state index in [0.29, 0.717) is 23.9 Å². The molecule has 2 fully saturated rings. The first-order chi connectivity index (χ1) is 11.7. The van der Waals surface area contributed by atoms with E-state index in [9.17, 15) is 4.79 Å². The summed E-state index contributed by atoms with van der Waals surface area (Å²) in [5.41, 5.74) is 1.77. The number of aromatic amines is 1. The van der Waals surface area contributed by atoms with Crippen molar-refractivity contribution < 1.29 is 9.53 Å². The lowest BCUT2D eigenvalue weighted by Crippen LogP contribution is -2.55. The number of carbonyl (C=O) groups is 1. The zero-order valence-corrected chi connectivity index (χ0v) is 14.9. The molecule has 2 atom stereocenters. The topological polar surface area (TPSA) is 58.2 Å². The molecule has 7 heteroatoms. The van der Waals surface area contributed by atoms with Gasteiger partial charge in [0.05, 0.1) is 35.5 Å².